The van der Waals surface area contributed by atoms with E-state index in [2.05, 4.69) is 44.8 Å². The van der Waals surface area contributed by atoms with Gasteiger partial charge >= 0.3 is 0 Å². The lowest BCUT2D eigenvalue weighted by atomic mass is 10.2. The van der Waals surface area contributed by atoms with Crippen molar-refractivity contribution < 1.29 is 0 Å². The standard InChI is InChI=1S/C8H19NS.C6HCl5/c1-7(2)5-9(10)6-8(3)4;7-2-1-3(8)5(10)6(11)4(2)9/h7-8,10H,5-6H2,1-4H3;1H. The summed E-state index contributed by atoms with van der Waals surface area (Å²) in [5.41, 5.74) is 0. The van der Waals surface area contributed by atoms with Crippen LogP contribution >= 0.6 is 70.8 Å². The Morgan fingerprint density at radius 3 is 1.43 bits per heavy atom. The average Bonchev–Trinajstić information content (AvgIpc) is 2.32. The molecule has 0 atom stereocenters. The first-order valence-corrected chi connectivity index (χ1v) is 8.77. The highest BCUT2D eigenvalue weighted by molar-refractivity contribution is 7.77. The molecular formula is C14H20Cl5NS. The Hall–Kier alpha value is 0.980. The number of thiol groups is 1. The van der Waals surface area contributed by atoms with Gasteiger partial charge in [0, 0.05) is 13.1 Å². The lowest BCUT2D eigenvalue weighted by Gasteiger charge is -2.19. The van der Waals surface area contributed by atoms with Crippen molar-refractivity contribution in [2.45, 2.75) is 27.7 Å². The van der Waals surface area contributed by atoms with Crippen molar-refractivity contribution in [3.05, 3.63) is 31.2 Å². The molecule has 0 radical (unpaired) electrons. The zero-order chi connectivity index (χ0) is 16.7. The van der Waals surface area contributed by atoms with Gasteiger partial charge in [-0.2, -0.15) is 0 Å². The minimum Gasteiger partial charge on any atom is -0.253 e. The van der Waals surface area contributed by atoms with Crippen LogP contribution in [0.5, 0.6) is 0 Å². The fourth-order valence-corrected chi connectivity index (χ4v) is 3.22. The third-order valence-corrected chi connectivity index (χ3v) is 4.68. The van der Waals surface area contributed by atoms with Gasteiger partial charge < -0.3 is 0 Å². The van der Waals surface area contributed by atoms with Gasteiger partial charge in [-0.1, -0.05) is 98.5 Å². The van der Waals surface area contributed by atoms with Gasteiger partial charge in [-0.3, -0.25) is 4.31 Å². The molecular weight excluding hydrogens is 391 g/mol. The molecule has 0 spiro atoms. The monoisotopic (exact) mass is 409 g/mol. The van der Waals surface area contributed by atoms with E-state index in [1.54, 1.807) is 0 Å². The molecule has 0 fully saturated rings. The van der Waals surface area contributed by atoms with Crippen LogP contribution in [0.2, 0.25) is 25.1 Å². The SMILES string of the molecule is CC(C)CN(S)CC(C)C.Clc1cc(Cl)c(Cl)c(Cl)c1Cl. The Morgan fingerprint density at radius 1 is 0.810 bits per heavy atom. The number of hydrogen-bond acceptors (Lipinski definition) is 2. The van der Waals surface area contributed by atoms with Crippen LogP contribution in [0.4, 0.5) is 0 Å². The topological polar surface area (TPSA) is 3.24 Å². The first-order valence-electron chi connectivity index (χ1n) is 6.48. The van der Waals surface area contributed by atoms with Gasteiger partial charge in [-0.05, 0) is 17.9 Å². The number of hydrogen-bond donors (Lipinski definition) is 1. The normalized spacial score (nSPS) is 11.1. The second-order valence-corrected chi connectivity index (χ2v) is 7.96. The van der Waals surface area contributed by atoms with Crippen LogP contribution in [0.15, 0.2) is 6.07 Å². The van der Waals surface area contributed by atoms with Crippen molar-refractivity contribution in [2.75, 3.05) is 13.1 Å². The highest BCUT2D eigenvalue weighted by Crippen LogP contribution is 2.40. The van der Waals surface area contributed by atoms with E-state index >= 15 is 0 Å². The second kappa shape index (κ2) is 10.7. The Balaban J connectivity index is 0.000000384. The quantitative estimate of drug-likeness (QED) is 0.307. The van der Waals surface area contributed by atoms with Crippen LogP contribution in [-0.2, 0) is 0 Å². The molecule has 0 saturated carbocycles. The largest absolute Gasteiger partial charge is 0.253 e. The molecule has 1 nitrogen and oxygen atoms in total. The molecule has 0 amide bonds. The zero-order valence-electron chi connectivity index (χ0n) is 12.4. The summed E-state index contributed by atoms with van der Waals surface area (Å²) < 4.78 is 2.09. The summed E-state index contributed by atoms with van der Waals surface area (Å²) in [5, 5.41) is 1.23. The molecule has 122 valence electrons. The van der Waals surface area contributed by atoms with E-state index in [-0.39, 0.29) is 15.1 Å². The van der Waals surface area contributed by atoms with Crippen molar-refractivity contribution in [1.82, 2.24) is 4.31 Å². The fraction of sp³-hybridized carbons (Fsp3) is 0.571. The number of halogens is 5. The molecule has 0 N–H and O–H groups in total. The molecule has 0 saturated heterocycles. The van der Waals surface area contributed by atoms with Crippen LogP contribution in [0.3, 0.4) is 0 Å². The first kappa shape index (κ1) is 22.0. The predicted octanol–water partition coefficient (Wildman–Crippen LogP) is 7.40. The second-order valence-electron chi connectivity index (χ2n) is 5.44. The van der Waals surface area contributed by atoms with Crippen LogP contribution < -0.4 is 0 Å². The van der Waals surface area contributed by atoms with Gasteiger partial charge in [-0.25, -0.2) is 0 Å². The maximum Gasteiger partial charge on any atom is 0.0808 e. The Morgan fingerprint density at radius 2 is 1.14 bits per heavy atom. The molecule has 0 aromatic heterocycles. The van der Waals surface area contributed by atoms with Gasteiger partial charge in [0.1, 0.15) is 0 Å². The summed E-state index contributed by atoms with van der Waals surface area (Å²) in [5.74, 6) is 1.44. The van der Waals surface area contributed by atoms with Gasteiger partial charge in [0.05, 0.1) is 25.1 Å². The van der Waals surface area contributed by atoms with E-state index in [1.807, 2.05) is 0 Å². The summed E-state index contributed by atoms with van der Waals surface area (Å²) in [6.45, 7) is 11.0. The third-order valence-electron chi connectivity index (χ3n) is 2.21. The van der Waals surface area contributed by atoms with Gasteiger partial charge in [0.2, 0.25) is 0 Å². The summed E-state index contributed by atoms with van der Waals surface area (Å²) in [6, 6.07) is 1.44. The summed E-state index contributed by atoms with van der Waals surface area (Å²) in [7, 11) is 0. The van der Waals surface area contributed by atoms with Crippen LogP contribution in [0.1, 0.15) is 27.7 Å². The number of nitrogens with zero attached hydrogens (tertiary/aromatic N) is 1. The maximum absolute atomic E-state index is 5.66. The van der Waals surface area contributed by atoms with Gasteiger partial charge in [0.15, 0.2) is 0 Å². The molecule has 1 aromatic rings. The molecule has 0 aliphatic carbocycles. The van der Waals surface area contributed by atoms with E-state index in [9.17, 15) is 0 Å². The van der Waals surface area contributed by atoms with Crippen LogP contribution in [0.25, 0.3) is 0 Å². The minimum atomic E-state index is 0.186. The van der Waals surface area contributed by atoms with Crippen molar-refractivity contribution in [1.29, 1.82) is 0 Å². The first-order chi connectivity index (χ1) is 9.56. The van der Waals surface area contributed by atoms with E-state index in [4.69, 9.17) is 58.0 Å². The van der Waals surface area contributed by atoms with Crippen LogP contribution in [0, 0.1) is 11.8 Å². The Bertz CT molecular complexity index is 415. The highest BCUT2D eigenvalue weighted by atomic mass is 35.5. The Kier molecular flexibility index (Phi) is 11.2. The summed E-state index contributed by atoms with van der Waals surface area (Å²) in [6.07, 6.45) is 0. The van der Waals surface area contributed by atoms with E-state index in [0.717, 1.165) is 24.9 Å². The van der Waals surface area contributed by atoms with E-state index in [0.29, 0.717) is 10.0 Å². The molecule has 0 aliphatic heterocycles. The van der Waals surface area contributed by atoms with Crippen molar-refractivity contribution in [3.8, 4) is 0 Å². The lowest BCUT2D eigenvalue weighted by Crippen LogP contribution is -2.22. The van der Waals surface area contributed by atoms with E-state index in [1.165, 1.54) is 6.07 Å². The minimum absolute atomic E-state index is 0.186. The van der Waals surface area contributed by atoms with Gasteiger partial charge in [0.25, 0.3) is 0 Å². The smallest absolute Gasteiger partial charge is 0.0808 e. The molecule has 7 heteroatoms. The molecule has 1 aromatic carbocycles. The van der Waals surface area contributed by atoms with E-state index < -0.39 is 0 Å². The lowest BCUT2D eigenvalue weighted by molar-refractivity contribution is 0.368. The summed E-state index contributed by atoms with van der Waals surface area (Å²) in [4.78, 5) is 0. The summed E-state index contributed by atoms with van der Waals surface area (Å²) >= 11 is 32.6. The maximum atomic E-state index is 5.66. The molecule has 0 aliphatic rings. The molecule has 1 rings (SSSR count). The molecule has 21 heavy (non-hydrogen) atoms. The fourth-order valence-electron chi connectivity index (χ4n) is 1.46. The highest BCUT2D eigenvalue weighted by Gasteiger charge is 2.11. The van der Waals surface area contributed by atoms with Crippen molar-refractivity contribution in [3.63, 3.8) is 0 Å². The molecule has 0 unspecified atom stereocenters. The van der Waals surface area contributed by atoms with Gasteiger partial charge in [-0.15, -0.1) is 0 Å². The molecule has 0 bridgehead atoms. The van der Waals surface area contributed by atoms with Crippen molar-refractivity contribution in [2.24, 2.45) is 11.8 Å². The molecule has 0 heterocycles. The third kappa shape index (κ3) is 9.00. The number of benzene rings is 1. The number of rotatable bonds is 4. The Labute approximate surface area is 158 Å². The predicted molar refractivity (Wildman–Crippen MR) is 102 cm³/mol. The van der Waals surface area contributed by atoms with Crippen molar-refractivity contribution >= 4 is 70.8 Å². The zero-order valence-corrected chi connectivity index (χ0v) is 17.1. The average molecular weight is 412 g/mol. The van der Waals surface area contributed by atoms with Crippen LogP contribution in [-0.4, -0.2) is 17.4 Å².